The molecule has 124 valence electrons. The summed E-state index contributed by atoms with van der Waals surface area (Å²) in [7, 11) is 0. The van der Waals surface area contributed by atoms with Crippen LogP contribution in [0.4, 0.5) is 5.69 Å². The Bertz CT molecular complexity index is 915. The molecule has 0 bridgehead atoms. The lowest BCUT2D eigenvalue weighted by molar-refractivity contribution is -0.116. The van der Waals surface area contributed by atoms with E-state index >= 15 is 0 Å². The second-order valence-electron chi connectivity index (χ2n) is 5.63. The maximum absolute atomic E-state index is 12.5. The zero-order valence-electron chi connectivity index (χ0n) is 13.8. The third-order valence-electron chi connectivity index (χ3n) is 4.14. The van der Waals surface area contributed by atoms with Crippen LogP contribution in [0.15, 0.2) is 51.7 Å². The van der Waals surface area contributed by atoms with Crippen LogP contribution in [-0.2, 0) is 24.2 Å². The fourth-order valence-electron chi connectivity index (χ4n) is 2.89. The van der Waals surface area contributed by atoms with Crippen LogP contribution in [0.2, 0.25) is 0 Å². The first-order valence-corrected chi connectivity index (χ1v) is 8.13. The Morgan fingerprint density at radius 1 is 1.04 bits per heavy atom. The summed E-state index contributed by atoms with van der Waals surface area (Å²) in [6, 6.07) is 13.1. The quantitative estimate of drug-likeness (QED) is 0.782. The number of rotatable bonds is 5. The number of para-hydroxylation sites is 3. The van der Waals surface area contributed by atoms with Crippen LogP contribution >= 0.6 is 0 Å². The zero-order chi connectivity index (χ0) is 17.1. The predicted molar refractivity (Wildman–Crippen MR) is 94.3 cm³/mol. The molecule has 1 aromatic heterocycles. The largest absolute Gasteiger partial charge is 0.420 e. The molecule has 1 amide bonds. The van der Waals surface area contributed by atoms with Crippen molar-refractivity contribution in [2.45, 2.75) is 33.2 Å². The average molecular weight is 324 g/mol. The van der Waals surface area contributed by atoms with Crippen molar-refractivity contribution < 1.29 is 9.21 Å². The first-order valence-electron chi connectivity index (χ1n) is 8.13. The highest BCUT2D eigenvalue weighted by atomic mass is 16.4. The molecule has 3 aromatic rings. The van der Waals surface area contributed by atoms with E-state index in [-0.39, 0.29) is 12.5 Å². The van der Waals surface area contributed by atoms with Crippen molar-refractivity contribution >= 4 is 22.7 Å². The van der Waals surface area contributed by atoms with Gasteiger partial charge in [-0.15, -0.1) is 0 Å². The second-order valence-corrected chi connectivity index (χ2v) is 5.63. The van der Waals surface area contributed by atoms with Crippen LogP contribution in [0.3, 0.4) is 0 Å². The molecule has 0 saturated heterocycles. The SMILES string of the molecule is CCc1cccc(CC)c1NC(=O)Cn1c(=O)oc2ccccc21. The van der Waals surface area contributed by atoms with Crippen molar-refractivity contribution in [1.29, 1.82) is 0 Å². The highest BCUT2D eigenvalue weighted by molar-refractivity contribution is 5.93. The number of aromatic nitrogens is 1. The standard InChI is InChI=1S/C19H20N2O3/c1-3-13-8-7-9-14(4-2)18(13)20-17(22)12-21-15-10-5-6-11-16(15)24-19(21)23/h5-11H,3-4,12H2,1-2H3,(H,20,22). The lowest BCUT2D eigenvalue weighted by Gasteiger charge is -2.14. The number of hydrogen-bond acceptors (Lipinski definition) is 3. The van der Waals surface area contributed by atoms with Gasteiger partial charge in [0.2, 0.25) is 5.91 Å². The van der Waals surface area contributed by atoms with Crippen molar-refractivity contribution in [3.63, 3.8) is 0 Å². The number of carbonyl (C=O) groups is 1. The Morgan fingerprint density at radius 3 is 2.38 bits per heavy atom. The van der Waals surface area contributed by atoms with Gasteiger partial charge in [-0.1, -0.05) is 44.2 Å². The summed E-state index contributed by atoms with van der Waals surface area (Å²) < 4.78 is 6.52. The third-order valence-corrected chi connectivity index (χ3v) is 4.14. The molecule has 0 aliphatic heterocycles. The Labute approximate surface area is 139 Å². The molecule has 1 N–H and O–H groups in total. The van der Waals surface area contributed by atoms with E-state index in [0.29, 0.717) is 11.1 Å². The fourth-order valence-corrected chi connectivity index (χ4v) is 2.89. The molecule has 0 aliphatic carbocycles. The van der Waals surface area contributed by atoms with Gasteiger partial charge in [0.15, 0.2) is 5.58 Å². The molecule has 0 unspecified atom stereocenters. The van der Waals surface area contributed by atoms with Crippen molar-refractivity contribution in [3.05, 3.63) is 64.1 Å². The summed E-state index contributed by atoms with van der Waals surface area (Å²) in [6.45, 7) is 4.04. The molecular weight excluding hydrogens is 304 g/mol. The smallest absolute Gasteiger partial charge is 0.408 e. The van der Waals surface area contributed by atoms with E-state index in [1.165, 1.54) is 4.57 Å². The van der Waals surface area contributed by atoms with Crippen LogP contribution in [0.5, 0.6) is 0 Å². The van der Waals surface area contributed by atoms with Gasteiger partial charge in [0.25, 0.3) is 0 Å². The van der Waals surface area contributed by atoms with Gasteiger partial charge in [0.1, 0.15) is 6.54 Å². The van der Waals surface area contributed by atoms with Gasteiger partial charge in [0.05, 0.1) is 5.52 Å². The van der Waals surface area contributed by atoms with Crippen molar-refractivity contribution in [2.75, 3.05) is 5.32 Å². The van der Waals surface area contributed by atoms with Crippen LogP contribution in [0, 0.1) is 0 Å². The Hall–Kier alpha value is -2.82. The molecule has 0 saturated carbocycles. The number of carbonyl (C=O) groups excluding carboxylic acids is 1. The molecular formula is C19H20N2O3. The monoisotopic (exact) mass is 324 g/mol. The molecule has 1 heterocycles. The van der Waals surface area contributed by atoms with Crippen molar-refractivity contribution in [2.24, 2.45) is 0 Å². The van der Waals surface area contributed by atoms with Gasteiger partial charge < -0.3 is 9.73 Å². The van der Waals surface area contributed by atoms with Gasteiger partial charge in [0, 0.05) is 5.69 Å². The van der Waals surface area contributed by atoms with E-state index < -0.39 is 5.76 Å². The molecule has 5 heteroatoms. The molecule has 0 aliphatic rings. The minimum atomic E-state index is -0.522. The van der Waals surface area contributed by atoms with Gasteiger partial charge in [-0.2, -0.15) is 0 Å². The Kier molecular flexibility index (Phi) is 4.51. The molecule has 0 radical (unpaired) electrons. The highest BCUT2D eigenvalue weighted by Crippen LogP contribution is 2.22. The number of amides is 1. The van der Waals surface area contributed by atoms with Crippen molar-refractivity contribution in [1.82, 2.24) is 4.57 Å². The molecule has 5 nitrogen and oxygen atoms in total. The molecule has 0 atom stereocenters. The maximum atomic E-state index is 12.5. The summed E-state index contributed by atoms with van der Waals surface area (Å²) >= 11 is 0. The average Bonchev–Trinajstić information content (AvgIpc) is 2.90. The number of hydrogen-bond donors (Lipinski definition) is 1. The lowest BCUT2D eigenvalue weighted by atomic mass is 10.0. The predicted octanol–water partition coefficient (Wildman–Crippen LogP) is 3.36. The fraction of sp³-hybridized carbons (Fsp3) is 0.263. The number of aryl methyl sites for hydroxylation is 2. The number of fused-ring (bicyclic) bond motifs is 1. The summed E-state index contributed by atoms with van der Waals surface area (Å²) in [6.07, 6.45) is 1.66. The number of nitrogens with zero attached hydrogens (tertiary/aromatic N) is 1. The second kappa shape index (κ2) is 6.74. The zero-order valence-corrected chi connectivity index (χ0v) is 13.8. The number of nitrogens with one attached hydrogen (secondary N) is 1. The number of anilines is 1. The first kappa shape index (κ1) is 16.1. The van der Waals surface area contributed by atoms with Crippen LogP contribution in [0.25, 0.3) is 11.1 Å². The van der Waals surface area contributed by atoms with Gasteiger partial charge in [-0.05, 0) is 36.1 Å². The summed E-state index contributed by atoms with van der Waals surface area (Å²) in [5.74, 6) is -0.759. The van der Waals surface area contributed by atoms with Crippen molar-refractivity contribution in [3.8, 4) is 0 Å². The molecule has 0 spiro atoms. The van der Waals surface area contributed by atoms with E-state index in [1.807, 2.05) is 24.3 Å². The van der Waals surface area contributed by atoms with Gasteiger partial charge in [-0.3, -0.25) is 9.36 Å². The number of oxazole rings is 1. The van der Waals surface area contributed by atoms with Gasteiger partial charge in [-0.25, -0.2) is 4.79 Å². The normalized spacial score (nSPS) is 10.9. The van der Waals surface area contributed by atoms with E-state index in [9.17, 15) is 9.59 Å². The summed E-state index contributed by atoms with van der Waals surface area (Å²) in [4.78, 5) is 24.5. The number of benzene rings is 2. The lowest BCUT2D eigenvalue weighted by Crippen LogP contribution is -2.25. The Morgan fingerprint density at radius 2 is 1.71 bits per heavy atom. The topological polar surface area (TPSA) is 64.2 Å². The highest BCUT2D eigenvalue weighted by Gasteiger charge is 2.14. The third kappa shape index (κ3) is 2.97. The molecule has 24 heavy (non-hydrogen) atoms. The minimum Gasteiger partial charge on any atom is -0.408 e. The molecule has 0 fully saturated rings. The van der Waals surface area contributed by atoms with Crippen LogP contribution in [-0.4, -0.2) is 10.5 Å². The van der Waals surface area contributed by atoms with Gasteiger partial charge >= 0.3 is 5.76 Å². The molecule has 2 aromatic carbocycles. The van der Waals surface area contributed by atoms with Crippen LogP contribution in [0.1, 0.15) is 25.0 Å². The minimum absolute atomic E-state index is 0.0724. The first-order chi connectivity index (χ1) is 11.6. The summed E-state index contributed by atoms with van der Waals surface area (Å²) in [5.41, 5.74) is 4.14. The Balaban J connectivity index is 1.89. The van der Waals surface area contributed by atoms with E-state index in [1.54, 1.807) is 18.2 Å². The maximum Gasteiger partial charge on any atom is 0.420 e. The summed E-state index contributed by atoms with van der Waals surface area (Å²) in [5, 5.41) is 2.97. The van der Waals surface area contributed by atoms with E-state index in [0.717, 1.165) is 29.7 Å². The van der Waals surface area contributed by atoms with Crippen LogP contribution < -0.4 is 11.1 Å². The van der Waals surface area contributed by atoms with E-state index in [4.69, 9.17) is 4.42 Å². The molecule has 3 rings (SSSR count). The van der Waals surface area contributed by atoms with E-state index in [2.05, 4.69) is 19.2 Å².